The van der Waals surface area contributed by atoms with Crippen LogP contribution in [0.1, 0.15) is 220 Å². The Morgan fingerprint density at radius 2 is 0.987 bits per heavy atom. The summed E-state index contributed by atoms with van der Waals surface area (Å²) in [5.41, 5.74) is 0. The van der Waals surface area contributed by atoms with Gasteiger partial charge >= 0.3 is 5.97 Å². The number of hydrogen-bond donors (Lipinski definition) is 6. The maximum atomic E-state index is 13.4. The topological polar surface area (TPSA) is 175 Å². The van der Waals surface area contributed by atoms with E-state index in [0.717, 1.165) is 89.9 Å². The first-order valence-electron chi connectivity index (χ1n) is 30.4. The maximum absolute atomic E-state index is 13.4. The van der Waals surface area contributed by atoms with E-state index >= 15 is 0 Å². The molecule has 1 fully saturated rings. The Labute approximate surface area is 468 Å². The van der Waals surface area contributed by atoms with Crippen molar-refractivity contribution in [1.29, 1.82) is 0 Å². The number of allylic oxidation sites excluding steroid dienone is 19. The van der Waals surface area contributed by atoms with E-state index in [1.807, 2.05) is 72.9 Å². The zero-order valence-electron chi connectivity index (χ0n) is 48.3. The average Bonchev–Trinajstić information content (AvgIpc) is 3.43. The predicted octanol–water partition coefficient (Wildman–Crippen LogP) is 14.3. The summed E-state index contributed by atoms with van der Waals surface area (Å²) in [6.07, 6.45) is 62.3. The van der Waals surface area contributed by atoms with E-state index in [0.29, 0.717) is 12.8 Å². The summed E-state index contributed by atoms with van der Waals surface area (Å²) in [6.45, 7) is 5.56. The predicted molar refractivity (Wildman–Crippen MR) is 319 cm³/mol. The summed E-state index contributed by atoms with van der Waals surface area (Å²) in [5, 5.41) is 56.9. The summed E-state index contributed by atoms with van der Waals surface area (Å²) in [6, 6.07) is -1.06. The van der Waals surface area contributed by atoms with Gasteiger partial charge in [-0.2, -0.15) is 0 Å². The molecule has 0 saturated carbocycles. The molecule has 77 heavy (non-hydrogen) atoms. The molecule has 1 rings (SSSR count). The molecular weight excluding hydrogens is 967 g/mol. The number of amides is 1. The molecule has 0 radical (unpaired) electrons. The third kappa shape index (κ3) is 40.8. The Morgan fingerprint density at radius 3 is 1.55 bits per heavy atom. The van der Waals surface area contributed by atoms with Crippen LogP contribution >= 0.6 is 0 Å². The van der Waals surface area contributed by atoms with Gasteiger partial charge in [0.2, 0.25) is 5.91 Å². The molecule has 1 amide bonds. The fraction of sp³-hybridized carbons (Fsp3) is 0.667. The van der Waals surface area contributed by atoms with Gasteiger partial charge in [0.15, 0.2) is 12.4 Å². The van der Waals surface area contributed by atoms with Crippen LogP contribution in [-0.2, 0) is 23.8 Å². The van der Waals surface area contributed by atoms with Crippen molar-refractivity contribution < 1.29 is 49.3 Å². The van der Waals surface area contributed by atoms with Crippen LogP contribution in [-0.4, -0.2) is 99.6 Å². The van der Waals surface area contributed by atoms with Crippen LogP contribution in [0.15, 0.2) is 122 Å². The Kier molecular flexibility index (Phi) is 48.7. The molecule has 1 heterocycles. The van der Waals surface area contributed by atoms with E-state index < -0.39 is 67.4 Å². The Hall–Kier alpha value is -3.94. The lowest BCUT2D eigenvalue weighted by Crippen LogP contribution is -2.61. The third-order valence-electron chi connectivity index (χ3n) is 13.5. The molecule has 6 N–H and O–H groups in total. The summed E-state index contributed by atoms with van der Waals surface area (Å²) >= 11 is 0. The Morgan fingerprint density at radius 1 is 0.532 bits per heavy atom. The first-order chi connectivity index (χ1) is 37.7. The van der Waals surface area contributed by atoms with Crippen molar-refractivity contribution >= 4 is 11.9 Å². The molecule has 11 nitrogen and oxygen atoms in total. The van der Waals surface area contributed by atoms with Gasteiger partial charge in [0.1, 0.15) is 24.4 Å². The first kappa shape index (κ1) is 71.1. The van der Waals surface area contributed by atoms with E-state index in [1.54, 1.807) is 6.08 Å². The summed E-state index contributed by atoms with van der Waals surface area (Å²) in [4.78, 5) is 26.5. The Balaban J connectivity index is 2.71. The largest absolute Gasteiger partial charge is 0.454 e. The van der Waals surface area contributed by atoms with Crippen LogP contribution in [0.2, 0.25) is 0 Å². The average molecular weight is 1080 g/mol. The van der Waals surface area contributed by atoms with Gasteiger partial charge in [0.05, 0.1) is 25.4 Å². The molecule has 1 aliphatic rings. The standard InChI is InChI=1S/C66H109NO10/c1-4-7-10-13-16-19-22-24-26-28-29-30-31-32-34-36-39-42-45-48-51-54-61(71)77-64-63(73)62(72)60(55-68)76-66(64)75-56-57(58(69)52-49-46-43-40-37-21-18-15-12-9-6-3)67-65(74)59(70)53-50-47-44-41-38-35-33-27-25-23-20-17-14-11-8-5-2/h8,11,14,16-17,19-20,23-27,29-30,33,35,38,41,49,52,57-60,62-64,66,68-70,72-73H,4-7,9-10,12-13,15,18,21-22,28,31-32,34,36-37,39-40,42-48,50-51,53-56H2,1-3H3,(H,67,74)/b11-8-,17-14+,19-16-,23-20+,26-24-,27-25-,30-29-,35-33+,41-38+,52-49+. The number of hydrogen-bond acceptors (Lipinski definition) is 10. The van der Waals surface area contributed by atoms with Crippen LogP contribution in [0, 0.1) is 0 Å². The van der Waals surface area contributed by atoms with Crippen LogP contribution in [0.3, 0.4) is 0 Å². The van der Waals surface area contributed by atoms with Crippen LogP contribution in [0.4, 0.5) is 0 Å². The molecule has 1 aliphatic heterocycles. The molecule has 8 atom stereocenters. The second-order valence-electron chi connectivity index (χ2n) is 20.5. The van der Waals surface area contributed by atoms with E-state index in [4.69, 9.17) is 14.2 Å². The number of aliphatic hydroxyl groups excluding tert-OH is 5. The van der Waals surface area contributed by atoms with Gasteiger partial charge in [0.25, 0.3) is 0 Å². The van der Waals surface area contributed by atoms with Crippen molar-refractivity contribution in [1.82, 2.24) is 5.32 Å². The van der Waals surface area contributed by atoms with Crippen molar-refractivity contribution in [2.75, 3.05) is 13.2 Å². The fourth-order valence-corrected chi connectivity index (χ4v) is 8.69. The van der Waals surface area contributed by atoms with Gasteiger partial charge in [-0.3, -0.25) is 9.59 Å². The quantitative estimate of drug-likeness (QED) is 0.0149. The highest BCUT2D eigenvalue weighted by Crippen LogP contribution is 2.26. The molecule has 8 unspecified atom stereocenters. The van der Waals surface area contributed by atoms with Crippen molar-refractivity contribution in [3.8, 4) is 0 Å². The van der Waals surface area contributed by atoms with Crippen LogP contribution in [0.5, 0.6) is 0 Å². The number of nitrogens with one attached hydrogen (secondary N) is 1. The first-order valence-corrected chi connectivity index (χ1v) is 30.4. The highest BCUT2D eigenvalue weighted by molar-refractivity contribution is 5.80. The monoisotopic (exact) mass is 1080 g/mol. The van der Waals surface area contributed by atoms with Crippen molar-refractivity contribution in [3.05, 3.63) is 122 Å². The van der Waals surface area contributed by atoms with E-state index in [1.165, 1.54) is 83.5 Å². The number of rotatable bonds is 49. The number of ether oxygens (including phenoxy) is 3. The number of unbranched alkanes of at least 4 members (excludes halogenated alkanes) is 22. The minimum atomic E-state index is -1.63. The van der Waals surface area contributed by atoms with Gasteiger partial charge in [-0.05, 0) is 83.5 Å². The Bertz CT molecular complexity index is 1710. The highest BCUT2D eigenvalue weighted by Gasteiger charge is 2.47. The van der Waals surface area contributed by atoms with Gasteiger partial charge in [0, 0.05) is 6.42 Å². The molecule has 0 aromatic heterocycles. The van der Waals surface area contributed by atoms with Gasteiger partial charge in [-0.1, -0.05) is 251 Å². The lowest BCUT2D eigenvalue weighted by atomic mass is 9.99. The normalized spacial score (nSPS) is 19.9. The third-order valence-corrected chi connectivity index (χ3v) is 13.5. The SMILES string of the molecule is CC\C=C/C=C/C=C/C=C\C=C\C=C\CCCCC(O)C(=O)NC(COC1OC(CO)C(O)C(O)C1OC(=O)CCCCCCCCCC/C=C\C/C=C\C/C=C\CCCCC)C(O)/C=C/CCCCCCCCCCC. The molecule has 438 valence electrons. The maximum Gasteiger partial charge on any atom is 0.306 e. The molecule has 11 heteroatoms. The lowest BCUT2D eigenvalue weighted by Gasteiger charge is -2.41. The van der Waals surface area contributed by atoms with Crippen LogP contribution in [0.25, 0.3) is 0 Å². The number of aliphatic hydroxyl groups is 5. The van der Waals surface area contributed by atoms with E-state index in [9.17, 15) is 35.1 Å². The highest BCUT2D eigenvalue weighted by atomic mass is 16.7. The summed E-state index contributed by atoms with van der Waals surface area (Å²) in [7, 11) is 0. The van der Waals surface area contributed by atoms with E-state index in [2.05, 4.69) is 68.6 Å². The van der Waals surface area contributed by atoms with Crippen molar-refractivity contribution in [3.63, 3.8) is 0 Å². The second-order valence-corrected chi connectivity index (χ2v) is 20.5. The zero-order valence-corrected chi connectivity index (χ0v) is 48.3. The molecule has 0 spiro atoms. The smallest absolute Gasteiger partial charge is 0.306 e. The number of esters is 1. The van der Waals surface area contributed by atoms with Crippen molar-refractivity contribution in [2.45, 2.75) is 269 Å². The summed E-state index contributed by atoms with van der Waals surface area (Å²) in [5.74, 6) is -1.26. The van der Waals surface area contributed by atoms with Crippen molar-refractivity contribution in [2.24, 2.45) is 0 Å². The summed E-state index contributed by atoms with van der Waals surface area (Å²) < 4.78 is 17.6. The minimum Gasteiger partial charge on any atom is -0.454 e. The van der Waals surface area contributed by atoms with Gasteiger partial charge < -0.3 is 45.1 Å². The minimum absolute atomic E-state index is 0.102. The molecular formula is C66H109NO10. The second kappa shape index (κ2) is 52.7. The molecule has 0 bridgehead atoms. The molecule has 0 aromatic rings. The molecule has 0 aliphatic carbocycles. The van der Waals surface area contributed by atoms with E-state index in [-0.39, 0.29) is 19.4 Å². The molecule has 0 aromatic carbocycles. The number of carbonyl (C=O) groups excluding carboxylic acids is 2. The fourth-order valence-electron chi connectivity index (χ4n) is 8.69. The van der Waals surface area contributed by atoms with Crippen LogP contribution < -0.4 is 5.32 Å². The molecule has 1 saturated heterocycles. The number of carbonyl (C=O) groups is 2. The van der Waals surface area contributed by atoms with Gasteiger partial charge in [-0.15, -0.1) is 0 Å². The van der Waals surface area contributed by atoms with Gasteiger partial charge in [-0.25, -0.2) is 0 Å². The zero-order chi connectivity index (χ0) is 56.1. The lowest BCUT2D eigenvalue weighted by molar-refractivity contribution is -0.305.